The number of nitrogens with one attached hydrogen (secondary N) is 1. The van der Waals surface area contributed by atoms with Crippen LogP contribution in [0.25, 0.3) is 0 Å². The van der Waals surface area contributed by atoms with Crippen LogP contribution in [-0.4, -0.2) is 30.1 Å². The van der Waals surface area contributed by atoms with E-state index in [1.54, 1.807) is 13.8 Å². The molecule has 0 radical (unpaired) electrons. The van der Waals surface area contributed by atoms with Crippen LogP contribution in [0.2, 0.25) is 0 Å². The van der Waals surface area contributed by atoms with E-state index in [0.717, 1.165) is 22.5 Å². The van der Waals surface area contributed by atoms with Crippen molar-refractivity contribution in [2.45, 2.75) is 27.7 Å². The van der Waals surface area contributed by atoms with Crippen molar-refractivity contribution in [3.8, 4) is 5.75 Å². The summed E-state index contributed by atoms with van der Waals surface area (Å²) in [5.74, 6) is -0.132. The van der Waals surface area contributed by atoms with Gasteiger partial charge in [-0.25, -0.2) is 9.78 Å². The monoisotopic (exact) mass is 348 g/mol. The molecule has 0 bridgehead atoms. The lowest BCUT2D eigenvalue weighted by Gasteiger charge is -2.07. The first-order chi connectivity index (χ1) is 11.4. The van der Waals surface area contributed by atoms with Crippen molar-refractivity contribution in [3.63, 3.8) is 0 Å². The van der Waals surface area contributed by atoms with Crippen molar-refractivity contribution in [2.75, 3.05) is 18.5 Å². The Bertz CT molecular complexity index is 755. The maximum absolute atomic E-state index is 12.0. The van der Waals surface area contributed by atoms with E-state index in [9.17, 15) is 9.59 Å². The first-order valence-electron chi connectivity index (χ1n) is 7.55. The van der Waals surface area contributed by atoms with Crippen LogP contribution in [-0.2, 0) is 9.53 Å². The van der Waals surface area contributed by atoms with Gasteiger partial charge in [0.25, 0.3) is 5.91 Å². The molecule has 2 rings (SSSR count). The number of nitrogens with zero attached hydrogens (tertiary/aromatic N) is 1. The van der Waals surface area contributed by atoms with Gasteiger partial charge in [0.15, 0.2) is 11.7 Å². The van der Waals surface area contributed by atoms with E-state index in [1.165, 1.54) is 0 Å². The maximum atomic E-state index is 12.0. The predicted molar refractivity (Wildman–Crippen MR) is 92.8 cm³/mol. The second-order valence-electron chi connectivity index (χ2n) is 5.24. The van der Waals surface area contributed by atoms with Gasteiger partial charge in [-0.15, -0.1) is 0 Å². The Morgan fingerprint density at radius 1 is 1.21 bits per heavy atom. The molecule has 0 aliphatic carbocycles. The van der Waals surface area contributed by atoms with Crippen molar-refractivity contribution >= 4 is 28.3 Å². The summed E-state index contributed by atoms with van der Waals surface area (Å²) in [5.41, 5.74) is 2.79. The van der Waals surface area contributed by atoms with Crippen molar-refractivity contribution < 1.29 is 19.1 Å². The maximum Gasteiger partial charge on any atom is 0.350 e. The van der Waals surface area contributed by atoms with Crippen LogP contribution in [0.5, 0.6) is 5.75 Å². The number of aromatic nitrogens is 1. The Labute approximate surface area is 144 Å². The number of anilines is 1. The fourth-order valence-corrected chi connectivity index (χ4v) is 2.82. The van der Waals surface area contributed by atoms with Gasteiger partial charge in [0.1, 0.15) is 10.6 Å². The lowest BCUT2D eigenvalue weighted by molar-refractivity contribution is -0.118. The summed E-state index contributed by atoms with van der Waals surface area (Å²) in [4.78, 5) is 28.3. The third-order valence-electron chi connectivity index (χ3n) is 3.35. The van der Waals surface area contributed by atoms with E-state index < -0.39 is 5.97 Å². The Kier molecular flexibility index (Phi) is 5.92. The van der Waals surface area contributed by atoms with Crippen LogP contribution in [0.1, 0.15) is 33.4 Å². The van der Waals surface area contributed by atoms with Crippen LogP contribution in [0.4, 0.5) is 5.13 Å². The van der Waals surface area contributed by atoms with Crippen molar-refractivity contribution in [1.82, 2.24) is 4.98 Å². The Hall–Kier alpha value is -2.41. The summed E-state index contributed by atoms with van der Waals surface area (Å²) < 4.78 is 10.4. The molecule has 0 spiro atoms. The van der Waals surface area contributed by atoms with Crippen LogP contribution >= 0.6 is 11.3 Å². The minimum Gasteiger partial charge on any atom is -0.484 e. The summed E-state index contributed by atoms with van der Waals surface area (Å²) in [6.07, 6.45) is 0. The molecule has 1 heterocycles. The van der Waals surface area contributed by atoms with Gasteiger partial charge in [0, 0.05) is 0 Å². The zero-order valence-electron chi connectivity index (χ0n) is 14.1. The molecule has 0 fully saturated rings. The number of aryl methyl sites for hydroxylation is 3. The van der Waals surface area contributed by atoms with Gasteiger partial charge in [-0.05, 0) is 51.0 Å². The minimum absolute atomic E-state index is 0.129. The number of amides is 1. The minimum atomic E-state index is -0.431. The molecule has 0 unspecified atom stereocenters. The van der Waals surface area contributed by atoms with Crippen LogP contribution in [0.15, 0.2) is 18.2 Å². The number of carbonyl (C=O) groups is 2. The number of benzene rings is 1. The second-order valence-corrected chi connectivity index (χ2v) is 6.24. The molecule has 0 atom stereocenters. The highest BCUT2D eigenvalue weighted by atomic mass is 32.1. The summed E-state index contributed by atoms with van der Waals surface area (Å²) in [7, 11) is 0. The highest BCUT2D eigenvalue weighted by Gasteiger charge is 2.17. The Morgan fingerprint density at radius 3 is 2.62 bits per heavy atom. The molecule has 1 aromatic heterocycles. The average molecular weight is 348 g/mol. The number of hydrogen-bond donors (Lipinski definition) is 1. The standard InChI is InChI=1S/C17H20N2O4S/c1-5-22-16(21)15-12(4)18-17(24-15)19-14(20)9-23-13-7-6-10(2)11(3)8-13/h6-8H,5,9H2,1-4H3,(H,18,19,20). The van der Waals surface area contributed by atoms with E-state index >= 15 is 0 Å². The lowest BCUT2D eigenvalue weighted by atomic mass is 10.1. The first kappa shape index (κ1) is 17.9. The third kappa shape index (κ3) is 4.55. The fraction of sp³-hybridized carbons (Fsp3) is 0.353. The van der Waals surface area contributed by atoms with Gasteiger partial charge >= 0.3 is 5.97 Å². The summed E-state index contributed by atoms with van der Waals surface area (Å²) in [5, 5.41) is 2.98. The molecule has 7 heteroatoms. The summed E-state index contributed by atoms with van der Waals surface area (Å²) in [6, 6.07) is 5.65. The number of thiazole rings is 1. The molecule has 0 aliphatic rings. The van der Waals surface area contributed by atoms with E-state index in [-0.39, 0.29) is 12.5 Å². The second kappa shape index (κ2) is 7.92. The molecule has 2 aromatic rings. The highest BCUT2D eigenvalue weighted by molar-refractivity contribution is 7.17. The zero-order chi connectivity index (χ0) is 17.7. The third-order valence-corrected chi connectivity index (χ3v) is 4.40. The molecule has 1 N–H and O–H groups in total. The van der Waals surface area contributed by atoms with Gasteiger partial charge in [-0.1, -0.05) is 17.4 Å². The molecular formula is C17H20N2O4S. The molecule has 0 aliphatic heterocycles. The normalized spacial score (nSPS) is 10.3. The van der Waals surface area contributed by atoms with Crippen molar-refractivity contribution in [2.24, 2.45) is 0 Å². The summed E-state index contributed by atoms with van der Waals surface area (Å²) >= 11 is 1.09. The van der Waals surface area contributed by atoms with Crippen molar-refractivity contribution in [3.05, 3.63) is 39.9 Å². The lowest BCUT2D eigenvalue weighted by Crippen LogP contribution is -2.20. The molecular weight excluding hydrogens is 328 g/mol. The fourth-order valence-electron chi connectivity index (χ4n) is 1.94. The SMILES string of the molecule is CCOC(=O)c1sc(NC(=O)COc2ccc(C)c(C)c2)nc1C. The zero-order valence-corrected chi connectivity index (χ0v) is 15.0. The number of hydrogen-bond acceptors (Lipinski definition) is 6. The Balaban J connectivity index is 1.93. The largest absolute Gasteiger partial charge is 0.484 e. The van der Waals surface area contributed by atoms with E-state index in [0.29, 0.717) is 28.1 Å². The quantitative estimate of drug-likeness (QED) is 0.811. The smallest absolute Gasteiger partial charge is 0.350 e. The number of carbonyl (C=O) groups excluding carboxylic acids is 2. The molecule has 0 saturated carbocycles. The predicted octanol–water partition coefficient (Wildman–Crippen LogP) is 3.26. The number of rotatable bonds is 6. The molecule has 24 heavy (non-hydrogen) atoms. The van der Waals surface area contributed by atoms with Crippen LogP contribution in [0.3, 0.4) is 0 Å². The number of esters is 1. The summed E-state index contributed by atoms with van der Waals surface area (Å²) in [6.45, 7) is 7.60. The van der Waals surface area contributed by atoms with Crippen LogP contribution < -0.4 is 10.1 Å². The molecule has 1 aromatic carbocycles. The first-order valence-corrected chi connectivity index (χ1v) is 8.36. The highest BCUT2D eigenvalue weighted by Crippen LogP contribution is 2.23. The van der Waals surface area contributed by atoms with E-state index in [1.807, 2.05) is 32.0 Å². The molecule has 0 saturated heterocycles. The van der Waals surface area contributed by atoms with E-state index in [2.05, 4.69) is 10.3 Å². The average Bonchev–Trinajstić information content (AvgIpc) is 2.89. The molecule has 6 nitrogen and oxygen atoms in total. The van der Waals surface area contributed by atoms with Gasteiger partial charge in [-0.2, -0.15) is 0 Å². The van der Waals surface area contributed by atoms with Gasteiger partial charge in [0.2, 0.25) is 0 Å². The number of ether oxygens (including phenoxy) is 2. The van der Waals surface area contributed by atoms with Gasteiger partial charge < -0.3 is 9.47 Å². The molecule has 128 valence electrons. The molecule has 1 amide bonds. The van der Waals surface area contributed by atoms with Crippen LogP contribution in [0, 0.1) is 20.8 Å². The topological polar surface area (TPSA) is 77.5 Å². The van der Waals surface area contributed by atoms with Crippen molar-refractivity contribution in [1.29, 1.82) is 0 Å². The van der Waals surface area contributed by atoms with Gasteiger partial charge in [-0.3, -0.25) is 10.1 Å². The Morgan fingerprint density at radius 2 is 1.96 bits per heavy atom. The van der Waals surface area contributed by atoms with Gasteiger partial charge in [0.05, 0.1) is 12.3 Å². The van der Waals surface area contributed by atoms with E-state index in [4.69, 9.17) is 9.47 Å².